The van der Waals surface area contributed by atoms with Crippen LogP contribution >= 0.6 is 28.3 Å². The number of rotatable bonds is 1. The Hall–Kier alpha value is -0.750. The summed E-state index contributed by atoms with van der Waals surface area (Å²) in [6, 6.07) is 1.73. The molecule has 0 fully saturated rings. The van der Waals surface area contributed by atoms with E-state index in [1.54, 1.807) is 18.5 Å². The molecule has 0 radical (unpaired) electrons. The highest BCUT2D eigenvalue weighted by molar-refractivity contribution is 9.10. The highest BCUT2D eigenvalue weighted by atomic mass is 79.9. The van der Waals surface area contributed by atoms with Crippen molar-refractivity contribution in [1.29, 1.82) is 0 Å². The zero-order valence-corrected chi connectivity index (χ0v) is 8.77. The molecule has 3 nitrogen and oxygen atoms in total. The summed E-state index contributed by atoms with van der Waals surface area (Å²) >= 11 is 3.35. The summed E-state index contributed by atoms with van der Waals surface area (Å²) in [5, 5.41) is 0.750. The van der Waals surface area contributed by atoms with Gasteiger partial charge in [0, 0.05) is 17.8 Å². The highest BCUT2D eigenvalue weighted by Gasteiger charge is 2.07. The fourth-order valence-corrected chi connectivity index (χ4v) is 1.75. The minimum atomic E-state index is 0.103. The third kappa shape index (κ3) is 1.30. The Morgan fingerprint density at radius 3 is 3.08 bits per heavy atom. The maximum atomic E-state index is 12.3. The van der Waals surface area contributed by atoms with Crippen LogP contribution in [0.3, 0.4) is 0 Å². The number of nitrogens with two attached hydrogens (primary N) is 1. The van der Waals surface area contributed by atoms with Gasteiger partial charge in [-0.1, -0.05) is 0 Å². The summed E-state index contributed by atoms with van der Waals surface area (Å²) in [7, 11) is 0. The zero-order valence-electron chi connectivity index (χ0n) is 6.37. The van der Waals surface area contributed by atoms with Crippen molar-refractivity contribution in [3.05, 3.63) is 22.9 Å². The number of nitrogens with zero attached hydrogens (tertiary/aromatic N) is 2. The molecule has 0 unspecified atom stereocenters. The number of fused-ring (bicyclic) bond motifs is 1. The van der Waals surface area contributed by atoms with Gasteiger partial charge in [0.25, 0.3) is 0 Å². The van der Waals surface area contributed by atoms with Gasteiger partial charge in [0.1, 0.15) is 0 Å². The molecule has 0 aliphatic rings. The molecule has 2 aromatic heterocycles. The van der Waals surface area contributed by atoms with Gasteiger partial charge in [0.15, 0.2) is 18.0 Å². The highest BCUT2D eigenvalue weighted by Crippen LogP contribution is 2.29. The van der Waals surface area contributed by atoms with Gasteiger partial charge in [-0.15, -0.1) is 3.89 Å². The molecule has 2 aromatic rings. The molecule has 2 N–H and O–H groups in total. The van der Waals surface area contributed by atoms with Gasteiger partial charge in [-0.25, -0.2) is 8.96 Å². The summed E-state index contributed by atoms with van der Waals surface area (Å²) in [5.74, 6) is 0. The Morgan fingerprint density at radius 2 is 2.38 bits per heavy atom. The van der Waals surface area contributed by atoms with Crippen LogP contribution < -0.4 is 5.73 Å². The first-order valence-corrected chi connectivity index (χ1v) is 4.91. The molecule has 2 heterocycles. The molecule has 13 heavy (non-hydrogen) atoms. The third-order valence-corrected chi connectivity index (χ3v) is 2.82. The van der Waals surface area contributed by atoms with E-state index in [1.165, 1.54) is 3.97 Å². The van der Waals surface area contributed by atoms with E-state index in [-0.39, 0.29) is 12.3 Å². The summed E-state index contributed by atoms with van der Waals surface area (Å²) in [4.78, 5) is 4.05. The number of hydrogen-bond donors (Lipinski definition) is 1. The standard InChI is InChI=1S/C7H5BrFN3S/c8-5-3-11-7-4(6(5)10)1-2-12(7)13-9/h1-3H,(H2,10,11). The number of anilines is 1. The number of aromatic nitrogens is 2. The molecule has 0 aromatic carbocycles. The van der Waals surface area contributed by atoms with Gasteiger partial charge >= 0.3 is 0 Å². The van der Waals surface area contributed by atoms with Crippen molar-refractivity contribution in [2.45, 2.75) is 0 Å². The molecule has 0 aliphatic carbocycles. The van der Waals surface area contributed by atoms with E-state index < -0.39 is 0 Å². The van der Waals surface area contributed by atoms with E-state index in [0.717, 1.165) is 9.86 Å². The molecule has 2 rings (SSSR count). The second-order valence-corrected chi connectivity index (χ2v) is 3.85. The second-order valence-electron chi connectivity index (χ2n) is 2.47. The molecule has 68 valence electrons. The Bertz CT molecular complexity index is 456. The quantitative estimate of drug-likeness (QED) is 0.859. The van der Waals surface area contributed by atoms with E-state index >= 15 is 0 Å². The Labute approximate surface area is 86.7 Å². The maximum absolute atomic E-state index is 12.3. The lowest BCUT2D eigenvalue weighted by Crippen LogP contribution is -1.91. The van der Waals surface area contributed by atoms with Gasteiger partial charge in [-0.2, -0.15) is 0 Å². The average molecular weight is 262 g/mol. The smallest absolute Gasteiger partial charge is 0.171 e. The fourth-order valence-electron chi connectivity index (χ4n) is 1.11. The largest absolute Gasteiger partial charge is 0.397 e. The van der Waals surface area contributed by atoms with Crippen molar-refractivity contribution in [3.8, 4) is 0 Å². The van der Waals surface area contributed by atoms with Gasteiger partial charge in [0.05, 0.1) is 10.2 Å². The minimum Gasteiger partial charge on any atom is -0.397 e. The Kier molecular flexibility index (Phi) is 2.17. The van der Waals surface area contributed by atoms with Crippen molar-refractivity contribution in [2.24, 2.45) is 0 Å². The van der Waals surface area contributed by atoms with E-state index in [9.17, 15) is 3.89 Å². The lowest BCUT2D eigenvalue weighted by molar-refractivity contribution is 0.919. The van der Waals surface area contributed by atoms with E-state index in [0.29, 0.717) is 11.3 Å². The normalized spacial score (nSPS) is 10.9. The minimum absolute atomic E-state index is 0.103. The molecular weight excluding hydrogens is 257 g/mol. The first-order chi connectivity index (χ1) is 6.24. The summed E-state index contributed by atoms with van der Waals surface area (Å²) in [6.45, 7) is 0. The SMILES string of the molecule is Nc1c(Br)cnc2c1ccn2SF. The first-order valence-electron chi connectivity index (χ1n) is 3.44. The van der Waals surface area contributed by atoms with Crippen molar-refractivity contribution < 1.29 is 3.89 Å². The van der Waals surface area contributed by atoms with Crippen LogP contribution in [0.2, 0.25) is 0 Å². The molecule has 0 bridgehead atoms. The molecule has 0 saturated heterocycles. The lowest BCUT2D eigenvalue weighted by Gasteiger charge is -1.99. The Balaban J connectivity index is 2.81. The van der Waals surface area contributed by atoms with Gasteiger partial charge in [-0.3, -0.25) is 0 Å². The lowest BCUT2D eigenvalue weighted by atomic mass is 10.3. The second kappa shape index (κ2) is 3.19. The number of pyridine rings is 1. The van der Waals surface area contributed by atoms with Crippen LogP contribution in [0.15, 0.2) is 22.9 Å². The molecular formula is C7H5BrFN3S. The summed E-state index contributed by atoms with van der Waals surface area (Å²) in [6.07, 6.45) is 3.15. The van der Waals surface area contributed by atoms with Gasteiger partial charge in [-0.05, 0) is 22.0 Å². The zero-order chi connectivity index (χ0) is 9.42. The van der Waals surface area contributed by atoms with E-state index in [2.05, 4.69) is 20.9 Å². The van der Waals surface area contributed by atoms with Crippen molar-refractivity contribution in [3.63, 3.8) is 0 Å². The van der Waals surface area contributed by atoms with Crippen LogP contribution in [0.1, 0.15) is 0 Å². The molecule has 6 heteroatoms. The molecule has 0 aliphatic heterocycles. The van der Waals surface area contributed by atoms with Gasteiger partial charge < -0.3 is 5.73 Å². The van der Waals surface area contributed by atoms with Crippen LogP contribution in [0, 0.1) is 0 Å². The molecule has 0 amide bonds. The number of hydrogen-bond acceptors (Lipinski definition) is 3. The van der Waals surface area contributed by atoms with Crippen LogP contribution in [-0.2, 0) is 0 Å². The molecule has 0 saturated carbocycles. The monoisotopic (exact) mass is 261 g/mol. The van der Waals surface area contributed by atoms with Crippen molar-refractivity contribution in [1.82, 2.24) is 8.96 Å². The maximum Gasteiger partial charge on any atom is 0.171 e. The van der Waals surface area contributed by atoms with E-state index in [1.807, 2.05) is 0 Å². The van der Waals surface area contributed by atoms with Crippen LogP contribution in [0.4, 0.5) is 9.57 Å². The topological polar surface area (TPSA) is 43.8 Å². The average Bonchev–Trinajstić information content (AvgIpc) is 2.55. The van der Waals surface area contributed by atoms with Crippen molar-refractivity contribution in [2.75, 3.05) is 5.73 Å². The Morgan fingerprint density at radius 1 is 1.62 bits per heavy atom. The van der Waals surface area contributed by atoms with E-state index in [4.69, 9.17) is 5.73 Å². The number of halogens is 2. The van der Waals surface area contributed by atoms with Crippen LogP contribution in [0.25, 0.3) is 11.0 Å². The predicted octanol–water partition coefficient (Wildman–Crippen LogP) is 2.76. The predicted molar refractivity (Wildman–Crippen MR) is 55.9 cm³/mol. The number of nitrogen functional groups attached to an aromatic ring is 1. The van der Waals surface area contributed by atoms with Gasteiger partial charge in [0.2, 0.25) is 0 Å². The van der Waals surface area contributed by atoms with Crippen LogP contribution in [-0.4, -0.2) is 8.96 Å². The summed E-state index contributed by atoms with van der Waals surface area (Å²) in [5.41, 5.74) is 6.87. The molecule has 0 atom stereocenters. The van der Waals surface area contributed by atoms with Crippen LogP contribution in [0.5, 0.6) is 0 Å². The molecule has 0 spiro atoms. The third-order valence-electron chi connectivity index (χ3n) is 1.75. The fraction of sp³-hybridized carbons (Fsp3) is 0. The summed E-state index contributed by atoms with van der Waals surface area (Å²) < 4.78 is 14.3. The van der Waals surface area contributed by atoms with Crippen molar-refractivity contribution >= 4 is 45.0 Å². The first kappa shape index (κ1) is 8.83.